The molecule has 2 amide bonds. The van der Waals surface area contributed by atoms with Gasteiger partial charge >= 0.3 is 0 Å². The molecule has 0 aromatic heterocycles. The summed E-state index contributed by atoms with van der Waals surface area (Å²) in [5.41, 5.74) is 4.29. The molecule has 0 fully saturated rings. The molecule has 0 bridgehead atoms. The second-order valence-corrected chi connectivity index (χ2v) is 4.59. The third-order valence-electron chi connectivity index (χ3n) is 2.89. The van der Waals surface area contributed by atoms with Crippen molar-refractivity contribution < 1.29 is 19.1 Å². The zero-order valence-electron chi connectivity index (χ0n) is 13.7. The molecule has 1 aromatic rings. The van der Waals surface area contributed by atoms with Crippen LogP contribution in [-0.4, -0.2) is 11.8 Å². The van der Waals surface area contributed by atoms with Crippen molar-refractivity contribution in [3.8, 4) is 11.5 Å². The van der Waals surface area contributed by atoms with Crippen LogP contribution in [0.4, 0.5) is 0 Å². The Balaban J connectivity index is 3.40. The molecule has 0 saturated carbocycles. The molecule has 8 nitrogen and oxygen atoms in total. The summed E-state index contributed by atoms with van der Waals surface area (Å²) in [7, 11) is 0. The van der Waals surface area contributed by atoms with Crippen LogP contribution in [0.15, 0.2) is 36.8 Å². The lowest BCUT2D eigenvalue weighted by molar-refractivity contribution is 0.0937. The largest absolute Gasteiger partial charge is 0.464 e. The first-order chi connectivity index (χ1) is 11.6. The van der Waals surface area contributed by atoms with Crippen molar-refractivity contribution in [2.45, 2.75) is 26.7 Å². The van der Waals surface area contributed by atoms with Crippen molar-refractivity contribution in [2.24, 2.45) is 11.7 Å². The highest BCUT2D eigenvalue weighted by atomic mass is 16.5. The monoisotopic (exact) mass is 334 g/mol. The molecular weight excluding hydrogens is 312 g/mol. The van der Waals surface area contributed by atoms with Crippen LogP contribution in [0.2, 0.25) is 0 Å². The highest BCUT2D eigenvalue weighted by molar-refractivity contribution is 6.02. The van der Waals surface area contributed by atoms with Gasteiger partial charge in [-0.2, -0.15) is 0 Å². The van der Waals surface area contributed by atoms with E-state index in [1.165, 1.54) is 24.7 Å². The van der Waals surface area contributed by atoms with Crippen LogP contribution in [0.1, 0.15) is 47.4 Å². The van der Waals surface area contributed by atoms with Crippen molar-refractivity contribution in [1.29, 1.82) is 0 Å². The number of hydrogen-bond acceptors (Lipinski definition) is 6. The zero-order valence-corrected chi connectivity index (χ0v) is 13.7. The number of hydrazine groups is 2. The molecule has 130 valence electrons. The summed E-state index contributed by atoms with van der Waals surface area (Å²) >= 11 is 0. The summed E-state index contributed by atoms with van der Waals surface area (Å²) in [4.78, 5) is 23.9. The van der Waals surface area contributed by atoms with Crippen LogP contribution < -0.4 is 32.0 Å². The minimum Gasteiger partial charge on any atom is -0.464 e. The van der Waals surface area contributed by atoms with E-state index in [-0.39, 0.29) is 22.6 Å². The Labute approximate surface area is 140 Å². The molecule has 0 spiro atoms. The minimum atomic E-state index is -0.584. The van der Waals surface area contributed by atoms with Gasteiger partial charge in [0.2, 0.25) is 0 Å². The Morgan fingerprint density at radius 3 is 1.58 bits per heavy atom. The average Bonchev–Trinajstić information content (AvgIpc) is 2.61. The first-order valence-corrected chi connectivity index (χ1v) is 7.42. The van der Waals surface area contributed by atoms with Gasteiger partial charge in [0.15, 0.2) is 0 Å². The van der Waals surface area contributed by atoms with Gasteiger partial charge in [-0.15, -0.1) is 0 Å². The normalized spacial score (nSPS) is 10.8. The summed E-state index contributed by atoms with van der Waals surface area (Å²) < 4.78 is 10.9. The molecule has 0 atom stereocenters. The molecule has 8 heteroatoms. The molecule has 0 aliphatic carbocycles. The van der Waals surface area contributed by atoms with Crippen LogP contribution in [-0.2, 0) is 0 Å². The van der Waals surface area contributed by atoms with E-state index in [2.05, 4.69) is 0 Å². The van der Waals surface area contributed by atoms with E-state index < -0.39 is 11.8 Å². The number of hydrogen-bond donors (Lipinski definition) is 4. The number of nitrogen functional groups attached to an aromatic ring is 2. The molecule has 24 heavy (non-hydrogen) atoms. The standard InChI is InChI=1S/C16H22N4O4/c1-3-5-7-23-13-9-12(16(22)20-18)14(24-8-6-4-2)10-11(13)15(21)19-17/h5-10H,3-4,17-18H2,1-2H3,(H,19,21)(H,20,22). The van der Waals surface area contributed by atoms with E-state index in [0.29, 0.717) is 0 Å². The highest BCUT2D eigenvalue weighted by Crippen LogP contribution is 2.30. The SMILES string of the molecule is CCC=COc1cc(C(=O)NN)c(OC=CCC)cc1C(=O)NN. The maximum Gasteiger partial charge on any atom is 0.269 e. The van der Waals surface area contributed by atoms with E-state index in [9.17, 15) is 9.59 Å². The summed E-state index contributed by atoms with van der Waals surface area (Å²) in [6.07, 6.45) is 7.84. The number of amides is 2. The summed E-state index contributed by atoms with van der Waals surface area (Å²) in [5.74, 6) is 9.52. The van der Waals surface area contributed by atoms with E-state index in [0.717, 1.165) is 12.8 Å². The number of rotatable bonds is 8. The van der Waals surface area contributed by atoms with Gasteiger partial charge in [-0.1, -0.05) is 13.8 Å². The maximum absolute atomic E-state index is 12.0. The fraction of sp³-hybridized carbons (Fsp3) is 0.250. The molecule has 1 aromatic carbocycles. The maximum atomic E-state index is 12.0. The van der Waals surface area contributed by atoms with Crippen molar-refractivity contribution in [3.63, 3.8) is 0 Å². The number of carbonyl (C=O) groups is 2. The second-order valence-electron chi connectivity index (χ2n) is 4.59. The topological polar surface area (TPSA) is 129 Å². The fourth-order valence-corrected chi connectivity index (χ4v) is 1.70. The van der Waals surface area contributed by atoms with Crippen LogP contribution in [0.3, 0.4) is 0 Å². The van der Waals surface area contributed by atoms with Crippen LogP contribution in [0, 0.1) is 0 Å². The predicted molar refractivity (Wildman–Crippen MR) is 89.9 cm³/mol. The van der Waals surface area contributed by atoms with Gasteiger partial charge in [-0.25, -0.2) is 11.7 Å². The van der Waals surface area contributed by atoms with E-state index in [4.69, 9.17) is 21.2 Å². The molecule has 0 radical (unpaired) electrons. The first-order valence-electron chi connectivity index (χ1n) is 7.42. The summed E-state index contributed by atoms with van der Waals surface area (Å²) in [5, 5.41) is 0. The van der Waals surface area contributed by atoms with Crippen molar-refractivity contribution >= 4 is 11.8 Å². The number of benzene rings is 1. The summed E-state index contributed by atoms with van der Waals surface area (Å²) in [6.45, 7) is 3.86. The van der Waals surface area contributed by atoms with E-state index in [1.54, 1.807) is 12.2 Å². The number of nitrogens with one attached hydrogen (secondary N) is 2. The van der Waals surface area contributed by atoms with Gasteiger partial charge < -0.3 is 9.47 Å². The molecule has 0 saturated heterocycles. The summed E-state index contributed by atoms with van der Waals surface area (Å²) in [6, 6.07) is 2.73. The Hall–Kier alpha value is -2.84. The minimum absolute atomic E-state index is 0.117. The highest BCUT2D eigenvalue weighted by Gasteiger charge is 2.20. The Morgan fingerprint density at radius 2 is 1.29 bits per heavy atom. The zero-order chi connectivity index (χ0) is 17.9. The van der Waals surface area contributed by atoms with Crippen molar-refractivity contribution in [1.82, 2.24) is 10.9 Å². The predicted octanol–water partition coefficient (Wildman–Crippen LogP) is 1.50. The third-order valence-corrected chi connectivity index (χ3v) is 2.89. The Morgan fingerprint density at radius 1 is 0.917 bits per heavy atom. The lowest BCUT2D eigenvalue weighted by atomic mass is 10.1. The Bertz CT molecular complexity index is 585. The van der Waals surface area contributed by atoms with Crippen LogP contribution in [0.5, 0.6) is 11.5 Å². The number of ether oxygens (including phenoxy) is 2. The lowest BCUT2D eigenvalue weighted by Gasteiger charge is -2.13. The first kappa shape index (κ1) is 19.2. The molecule has 0 aliphatic heterocycles. The van der Waals surface area contributed by atoms with Gasteiger partial charge in [0.25, 0.3) is 11.8 Å². The molecule has 6 N–H and O–H groups in total. The molecule has 0 unspecified atom stereocenters. The van der Waals surface area contributed by atoms with Gasteiger partial charge in [0, 0.05) is 0 Å². The second kappa shape index (κ2) is 10.0. The van der Waals surface area contributed by atoms with Crippen LogP contribution in [0.25, 0.3) is 0 Å². The molecular formula is C16H22N4O4. The van der Waals surface area contributed by atoms with Crippen molar-refractivity contribution in [3.05, 3.63) is 47.9 Å². The Kier molecular flexibility index (Phi) is 8.03. The van der Waals surface area contributed by atoms with E-state index in [1.807, 2.05) is 24.7 Å². The van der Waals surface area contributed by atoms with Crippen LogP contribution >= 0.6 is 0 Å². The van der Waals surface area contributed by atoms with E-state index >= 15 is 0 Å². The van der Waals surface area contributed by atoms with Gasteiger partial charge in [-0.05, 0) is 37.1 Å². The van der Waals surface area contributed by atoms with Crippen molar-refractivity contribution in [2.75, 3.05) is 0 Å². The third kappa shape index (κ3) is 5.11. The molecule has 0 aliphatic rings. The number of nitrogens with two attached hydrogens (primary N) is 2. The number of carbonyl (C=O) groups excluding carboxylic acids is 2. The quantitative estimate of drug-likeness (QED) is 0.247. The van der Waals surface area contributed by atoms with Gasteiger partial charge in [0.05, 0.1) is 23.7 Å². The fourth-order valence-electron chi connectivity index (χ4n) is 1.70. The molecule has 0 heterocycles. The van der Waals surface area contributed by atoms with Gasteiger partial charge in [-0.3, -0.25) is 20.4 Å². The average molecular weight is 334 g/mol. The number of allylic oxidation sites excluding steroid dienone is 2. The molecule has 1 rings (SSSR count). The lowest BCUT2D eigenvalue weighted by Crippen LogP contribution is -2.32. The van der Waals surface area contributed by atoms with Gasteiger partial charge in [0.1, 0.15) is 11.5 Å². The smallest absolute Gasteiger partial charge is 0.269 e.